The average Bonchev–Trinajstić information content (AvgIpc) is 3.80. The zero-order valence-electron chi connectivity index (χ0n) is 23.7. The van der Waals surface area contributed by atoms with Crippen molar-refractivity contribution in [1.82, 2.24) is 9.88 Å². The van der Waals surface area contributed by atoms with Crippen LogP contribution in [0, 0.1) is 0 Å². The van der Waals surface area contributed by atoms with Crippen LogP contribution in [0.25, 0.3) is 28.2 Å². The largest absolute Gasteiger partial charge is 0.478 e. The molecule has 2 aromatic heterocycles. The van der Waals surface area contributed by atoms with Crippen molar-refractivity contribution in [3.05, 3.63) is 83.8 Å². The number of fused-ring (bicyclic) bond motifs is 1. The second-order valence-corrected chi connectivity index (χ2v) is 11.5. The van der Waals surface area contributed by atoms with Crippen LogP contribution in [0.1, 0.15) is 78.8 Å². The van der Waals surface area contributed by atoms with E-state index in [1.165, 1.54) is 24.5 Å². The number of carbonyl (C=O) groups excluding carboxylic acids is 2. The van der Waals surface area contributed by atoms with Crippen molar-refractivity contribution in [2.24, 2.45) is 7.05 Å². The number of carboxylic acid groups (broad SMARTS) is 1. The van der Waals surface area contributed by atoms with Gasteiger partial charge in [-0.15, -0.1) is 0 Å². The van der Waals surface area contributed by atoms with Gasteiger partial charge in [0.25, 0.3) is 5.91 Å². The normalized spacial score (nSPS) is 16.8. The summed E-state index contributed by atoms with van der Waals surface area (Å²) in [5.74, 6) is -1.05. The van der Waals surface area contributed by atoms with Crippen LogP contribution in [0.5, 0.6) is 0 Å². The summed E-state index contributed by atoms with van der Waals surface area (Å²) in [5, 5.41) is 16.1. The van der Waals surface area contributed by atoms with E-state index in [1.807, 2.05) is 25.2 Å². The highest BCUT2D eigenvalue weighted by atomic mass is 16.4. The molecule has 0 unspecified atom stereocenters. The molecule has 2 saturated carbocycles. The summed E-state index contributed by atoms with van der Waals surface area (Å²) in [5.41, 5.74) is 5.31. The molecule has 2 heterocycles. The highest BCUT2D eigenvalue weighted by molar-refractivity contribution is 6.06. The Morgan fingerprint density at radius 1 is 1.00 bits per heavy atom. The van der Waals surface area contributed by atoms with Gasteiger partial charge in [0, 0.05) is 40.8 Å². The summed E-state index contributed by atoms with van der Waals surface area (Å²) < 4.78 is 7.60. The number of amides is 2. The maximum absolute atomic E-state index is 13.7. The summed E-state index contributed by atoms with van der Waals surface area (Å²) in [7, 11) is 2.04. The molecule has 8 nitrogen and oxygen atoms in total. The van der Waals surface area contributed by atoms with E-state index in [2.05, 4.69) is 21.3 Å². The minimum absolute atomic E-state index is 0.243. The van der Waals surface area contributed by atoms with E-state index in [1.54, 1.807) is 36.8 Å². The Labute approximate surface area is 244 Å². The van der Waals surface area contributed by atoms with Crippen molar-refractivity contribution in [3.8, 4) is 11.3 Å². The molecule has 4 aromatic rings. The minimum Gasteiger partial charge on any atom is -0.478 e. The molecule has 2 aliphatic rings. The molecule has 0 bridgehead atoms. The van der Waals surface area contributed by atoms with Gasteiger partial charge < -0.3 is 24.7 Å². The van der Waals surface area contributed by atoms with Gasteiger partial charge in [0.15, 0.2) is 0 Å². The molecule has 8 heteroatoms. The third-order valence-electron chi connectivity index (χ3n) is 8.89. The molecule has 2 amide bonds. The Morgan fingerprint density at radius 3 is 2.40 bits per heavy atom. The Morgan fingerprint density at radius 2 is 1.74 bits per heavy atom. The standard InChI is InChI=1S/C34H35N3O5/c1-37-28-20-24(11-14-27(28)30(23-6-2-3-7-23)31(37)25-16-19-42-21-25)32(40)36-34(17-4-5-18-34)33(41)35-26-12-8-22(9-13-26)10-15-29(38)39/h8-16,19-21,23H,2-7,17-18H2,1H3,(H,35,41)(H,36,40)(H,38,39)/b15-10+. The summed E-state index contributed by atoms with van der Waals surface area (Å²) in [6.45, 7) is 0. The van der Waals surface area contributed by atoms with Crippen LogP contribution >= 0.6 is 0 Å². The van der Waals surface area contributed by atoms with E-state index >= 15 is 0 Å². The number of nitrogens with zero attached hydrogens (tertiary/aromatic N) is 1. The predicted octanol–water partition coefficient (Wildman–Crippen LogP) is 6.88. The quantitative estimate of drug-likeness (QED) is 0.202. The Kier molecular flexibility index (Phi) is 7.45. The molecule has 216 valence electrons. The zero-order chi connectivity index (χ0) is 29.3. The number of carbonyl (C=O) groups is 3. The molecule has 6 rings (SSSR count). The number of aryl methyl sites for hydroxylation is 1. The number of furan rings is 1. The lowest BCUT2D eigenvalue weighted by Crippen LogP contribution is -2.55. The topological polar surface area (TPSA) is 114 Å². The number of aliphatic carboxylic acids is 1. The highest BCUT2D eigenvalue weighted by Crippen LogP contribution is 2.44. The van der Waals surface area contributed by atoms with Gasteiger partial charge in [-0.2, -0.15) is 0 Å². The maximum atomic E-state index is 13.7. The van der Waals surface area contributed by atoms with Crippen LogP contribution in [-0.4, -0.2) is 33.0 Å². The van der Waals surface area contributed by atoms with Crippen LogP contribution in [0.2, 0.25) is 0 Å². The summed E-state index contributed by atoms with van der Waals surface area (Å²) >= 11 is 0. The van der Waals surface area contributed by atoms with E-state index in [4.69, 9.17) is 9.52 Å². The number of benzene rings is 2. The Hall–Kier alpha value is -4.59. The summed E-state index contributed by atoms with van der Waals surface area (Å²) in [4.78, 5) is 38.0. The highest BCUT2D eigenvalue weighted by Gasteiger charge is 2.42. The van der Waals surface area contributed by atoms with Crippen LogP contribution in [0.4, 0.5) is 5.69 Å². The number of nitrogens with one attached hydrogen (secondary N) is 2. The number of rotatable bonds is 8. The number of carboxylic acids is 1. The fourth-order valence-corrected chi connectivity index (χ4v) is 6.76. The summed E-state index contributed by atoms with van der Waals surface area (Å²) in [6.07, 6.45) is 13.6. The molecular weight excluding hydrogens is 530 g/mol. The number of hydrogen-bond donors (Lipinski definition) is 3. The van der Waals surface area contributed by atoms with Gasteiger partial charge in [-0.05, 0) is 79.1 Å². The molecule has 0 aliphatic heterocycles. The molecule has 0 spiro atoms. The number of aromatic nitrogens is 1. The van der Waals surface area contributed by atoms with Crippen molar-refractivity contribution in [3.63, 3.8) is 0 Å². The fourth-order valence-electron chi connectivity index (χ4n) is 6.76. The van der Waals surface area contributed by atoms with Crippen LogP contribution in [0.3, 0.4) is 0 Å². The van der Waals surface area contributed by atoms with Gasteiger partial charge >= 0.3 is 5.97 Å². The first-order valence-corrected chi connectivity index (χ1v) is 14.6. The maximum Gasteiger partial charge on any atom is 0.328 e. The molecule has 2 aromatic carbocycles. The Bertz CT molecular complexity index is 1650. The lowest BCUT2D eigenvalue weighted by molar-refractivity contribution is -0.131. The Balaban J connectivity index is 1.26. The molecule has 0 radical (unpaired) electrons. The van der Waals surface area contributed by atoms with E-state index in [0.717, 1.165) is 53.9 Å². The van der Waals surface area contributed by atoms with Gasteiger partial charge in [-0.3, -0.25) is 9.59 Å². The fraction of sp³-hybridized carbons (Fsp3) is 0.324. The van der Waals surface area contributed by atoms with Crippen molar-refractivity contribution < 1.29 is 23.9 Å². The second-order valence-electron chi connectivity index (χ2n) is 11.5. The minimum atomic E-state index is -1.02. The van der Waals surface area contributed by atoms with Gasteiger partial charge in [0.1, 0.15) is 5.54 Å². The third kappa shape index (κ3) is 5.24. The number of hydrogen-bond acceptors (Lipinski definition) is 4. The number of anilines is 1. The van der Waals surface area contributed by atoms with E-state index in [0.29, 0.717) is 35.6 Å². The molecule has 2 fully saturated rings. The van der Waals surface area contributed by atoms with Crippen molar-refractivity contribution in [1.29, 1.82) is 0 Å². The van der Waals surface area contributed by atoms with Gasteiger partial charge in [-0.25, -0.2) is 4.79 Å². The first-order chi connectivity index (χ1) is 20.3. The third-order valence-corrected chi connectivity index (χ3v) is 8.89. The smallest absolute Gasteiger partial charge is 0.328 e. The van der Waals surface area contributed by atoms with Crippen LogP contribution < -0.4 is 10.6 Å². The average molecular weight is 566 g/mol. The second kappa shape index (κ2) is 11.4. The molecule has 42 heavy (non-hydrogen) atoms. The lowest BCUT2D eigenvalue weighted by Gasteiger charge is -2.29. The van der Waals surface area contributed by atoms with Gasteiger partial charge in [-0.1, -0.05) is 43.9 Å². The molecule has 0 saturated heterocycles. The summed E-state index contributed by atoms with van der Waals surface area (Å²) in [6, 6.07) is 14.8. The van der Waals surface area contributed by atoms with Gasteiger partial charge in [0.2, 0.25) is 5.91 Å². The van der Waals surface area contributed by atoms with Crippen LogP contribution in [0.15, 0.2) is 71.6 Å². The molecule has 2 aliphatic carbocycles. The SMILES string of the molecule is Cn1c(-c2ccoc2)c(C2CCCC2)c2ccc(C(=O)NC3(C(=O)Nc4ccc(/C=C/C(=O)O)cc4)CCCC3)cc21. The monoisotopic (exact) mass is 565 g/mol. The van der Waals surface area contributed by atoms with E-state index < -0.39 is 11.5 Å². The van der Waals surface area contributed by atoms with E-state index in [9.17, 15) is 14.4 Å². The molecule has 0 atom stereocenters. The molecular formula is C34H35N3O5. The van der Waals surface area contributed by atoms with Crippen molar-refractivity contribution in [2.75, 3.05) is 5.32 Å². The van der Waals surface area contributed by atoms with Crippen molar-refractivity contribution >= 4 is 40.4 Å². The van der Waals surface area contributed by atoms with E-state index in [-0.39, 0.29) is 11.8 Å². The van der Waals surface area contributed by atoms with Crippen molar-refractivity contribution in [2.45, 2.75) is 62.8 Å². The molecule has 3 N–H and O–H groups in total. The lowest BCUT2D eigenvalue weighted by atomic mass is 9.92. The first kappa shape index (κ1) is 27.6. The van der Waals surface area contributed by atoms with Crippen LogP contribution in [-0.2, 0) is 16.6 Å². The predicted molar refractivity (Wildman–Crippen MR) is 162 cm³/mol. The zero-order valence-corrected chi connectivity index (χ0v) is 23.7. The first-order valence-electron chi connectivity index (χ1n) is 14.6. The van der Waals surface area contributed by atoms with Gasteiger partial charge in [0.05, 0.1) is 18.2 Å².